The fraction of sp³-hybridized carbons (Fsp3) is 0.233. The number of piperazine rings is 1. The van der Waals surface area contributed by atoms with Gasteiger partial charge in [-0.05, 0) is 61.5 Å². The second kappa shape index (κ2) is 11.6. The molecule has 8 nitrogen and oxygen atoms in total. The quantitative estimate of drug-likeness (QED) is 0.305. The summed E-state index contributed by atoms with van der Waals surface area (Å²) in [5.74, 6) is -1.73. The molecule has 0 radical (unpaired) electrons. The van der Waals surface area contributed by atoms with Crippen molar-refractivity contribution in [3.8, 4) is 22.7 Å². The van der Waals surface area contributed by atoms with Crippen molar-refractivity contribution >= 4 is 17.6 Å². The number of esters is 1. The summed E-state index contributed by atoms with van der Waals surface area (Å²) in [4.78, 5) is 28.9. The summed E-state index contributed by atoms with van der Waals surface area (Å²) in [6, 6.07) is 19.8. The maximum Gasteiger partial charge on any atom is 0.358 e. The molecule has 40 heavy (non-hydrogen) atoms. The molecule has 0 atom stereocenters. The SMILES string of the molecule is CCOC(=O)c1cc(-c2ccc(N3CCN(C(=O)c4cc(F)cc(F)c4)CC3)cc2)n(-c2ccc(OC)cc2)n1. The molecular weight excluding hydrogens is 518 g/mol. The molecule has 0 aliphatic carbocycles. The van der Waals surface area contributed by atoms with Gasteiger partial charge >= 0.3 is 5.97 Å². The van der Waals surface area contributed by atoms with E-state index in [1.54, 1.807) is 29.7 Å². The fourth-order valence-corrected chi connectivity index (χ4v) is 4.68. The standard InChI is InChI=1S/C30H28F2N4O4/c1-3-40-30(38)27-19-28(36(33-27)25-8-10-26(39-2)11-9-25)20-4-6-24(7-5-20)34-12-14-35(15-13-34)29(37)21-16-22(31)18-23(32)17-21/h4-11,16-19H,3,12-15H2,1-2H3. The topological polar surface area (TPSA) is 76.9 Å². The van der Waals surface area contributed by atoms with Crippen LogP contribution >= 0.6 is 0 Å². The summed E-state index contributed by atoms with van der Waals surface area (Å²) >= 11 is 0. The minimum atomic E-state index is -0.773. The normalized spacial score (nSPS) is 13.3. The van der Waals surface area contributed by atoms with Gasteiger partial charge in [0.05, 0.1) is 25.1 Å². The number of hydrogen-bond donors (Lipinski definition) is 0. The van der Waals surface area contributed by atoms with Gasteiger partial charge in [0, 0.05) is 49.1 Å². The number of carbonyl (C=O) groups excluding carboxylic acids is 2. The molecule has 0 unspecified atom stereocenters. The van der Waals surface area contributed by atoms with Crippen LogP contribution in [0.5, 0.6) is 5.75 Å². The third-order valence-corrected chi connectivity index (χ3v) is 6.72. The molecule has 0 saturated carbocycles. The molecule has 1 aromatic heterocycles. The number of methoxy groups -OCH3 is 1. The molecule has 10 heteroatoms. The first-order valence-corrected chi connectivity index (χ1v) is 12.9. The van der Waals surface area contributed by atoms with E-state index in [1.165, 1.54) is 0 Å². The predicted octanol–water partition coefficient (Wildman–Crippen LogP) is 4.97. The lowest BCUT2D eigenvalue weighted by atomic mass is 10.1. The lowest BCUT2D eigenvalue weighted by molar-refractivity contribution is 0.0518. The number of benzene rings is 3. The average molecular weight is 547 g/mol. The number of rotatable bonds is 7. The summed E-state index contributed by atoms with van der Waals surface area (Å²) in [5.41, 5.74) is 3.51. The van der Waals surface area contributed by atoms with Crippen molar-refractivity contribution in [1.29, 1.82) is 0 Å². The van der Waals surface area contributed by atoms with Gasteiger partial charge in [-0.3, -0.25) is 4.79 Å². The largest absolute Gasteiger partial charge is 0.497 e. The van der Waals surface area contributed by atoms with Crippen LogP contribution in [0, 0.1) is 11.6 Å². The van der Waals surface area contributed by atoms with Crippen LogP contribution in [-0.4, -0.2) is 66.5 Å². The predicted molar refractivity (Wildman–Crippen MR) is 146 cm³/mol. The van der Waals surface area contributed by atoms with Crippen LogP contribution < -0.4 is 9.64 Å². The zero-order valence-corrected chi connectivity index (χ0v) is 22.1. The van der Waals surface area contributed by atoms with E-state index in [4.69, 9.17) is 9.47 Å². The Bertz CT molecular complexity index is 1490. The molecule has 1 aliphatic heterocycles. The maximum atomic E-state index is 13.6. The summed E-state index contributed by atoms with van der Waals surface area (Å²) in [7, 11) is 1.60. The van der Waals surface area contributed by atoms with E-state index >= 15 is 0 Å². The van der Waals surface area contributed by atoms with E-state index in [2.05, 4.69) is 10.00 Å². The van der Waals surface area contributed by atoms with Crippen LogP contribution in [0.25, 0.3) is 16.9 Å². The molecule has 3 aromatic carbocycles. The molecule has 0 N–H and O–H groups in total. The van der Waals surface area contributed by atoms with E-state index in [9.17, 15) is 18.4 Å². The number of carbonyl (C=O) groups is 2. The van der Waals surface area contributed by atoms with Gasteiger partial charge < -0.3 is 19.3 Å². The van der Waals surface area contributed by atoms with E-state index in [1.807, 2.05) is 48.5 Å². The highest BCUT2D eigenvalue weighted by Gasteiger charge is 2.24. The molecule has 5 rings (SSSR count). The molecule has 4 aromatic rings. The Kier molecular flexibility index (Phi) is 7.77. The van der Waals surface area contributed by atoms with Crippen molar-refractivity contribution in [2.45, 2.75) is 6.92 Å². The maximum absolute atomic E-state index is 13.6. The fourth-order valence-electron chi connectivity index (χ4n) is 4.68. The zero-order chi connectivity index (χ0) is 28.2. The summed E-state index contributed by atoms with van der Waals surface area (Å²) in [6.45, 7) is 3.97. The van der Waals surface area contributed by atoms with Crippen LogP contribution in [0.4, 0.5) is 14.5 Å². The minimum Gasteiger partial charge on any atom is -0.497 e. The van der Waals surface area contributed by atoms with Crippen LogP contribution in [0.2, 0.25) is 0 Å². The minimum absolute atomic E-state index is 0.00552. The molecule has 1 aliphatic rings. The Hall–Kier alpha value is -4.73. The van der Waals surface area contributed by atoms with Crippen LogP contribution in [0.1, 0.15) is 27.8 Å². The second-order valence-corrected chi connectivity index (χ2v) is 9.23. The van der Waals surface area contributed by atoms with Gasteiger partial charge in [-0.15, -0.1) is 0 Å². The molecule has 1 fully saturated rings. The first kappa shape index (κ1) is 26.9. The Morgan fingerprint density at radius 2 is 1.48 bits per heavy atom. The molecule has 206 valence electrons. The van der Waals surface area contributed by atoms with Crippen LogP contribution in [0.3, 0.4) is 0 Å². The average Bonchev–Trinajstić information content (AvgIpc) is 3.42. The van der Waals surface area contributed by atoms with E-state index < -0.39 is 23.5 Å². The summed E-state index contributed by atoms with van der Waals surface area (Å²) < 4.78 is 39.3. The molecule has 2 heterocycles. The number of halogens is 2. The van der Waals surface area contributed by atoms with Crippen molar-refractivity contribution in [3.63, 3.8) is 0 Å². The van der Waals surface area contributed by atoms with Crippen molar-refractivity contribution in [2.24, 2.45) is 0 Å². The Labute approximate surface area is 230 Å². The van der Waals surface area contributed by atoms with Crippen molar-refractivity contribution < 1.29 is 27.8 Å². The Morgan fingerprint density at radius 3 is 2.08 bits per heavy atom. The van der Waals surface area contributed by atoms with E-state index in [-0.39, 0.29) is 17.9 Å². The smallest absolute Gasteiger partial charge is 0.358 e. The second-order valence-electron chi connectivity index (χ2n) is 9.23. The van der Waals surface area contributed by atoms with E-state index in [0.29, 0.717) is 31.9 Å². The van der Waals surface area contributed by atoms with Gasteiger partial charge in [-0.2, -0.15) is 5.10 Å². The van der Waals surface area contributed by atoms with Crippen LogP contribution in [0.15, 0.2) is 72.8 Å². The van der Waals surface area contributed by atoms with Crippen molar-refractivity contribution in [2.75, 3.05) is 44.8 Å². The highest BCUT2D eigenvalue weighted by atomic mass is 19.1. The van der Waals surface area contributed by atoms with Crippen molar-refractivity contribution in [3.05, 3.63) is 95.7 Å². The molecule has 0 spiro atoms. The van der Waals surface area contributed by atoms with E-state index in [0.717, 1.165) is 40.8 Å². The Balaban J connectivity index is 1.33. The zero-order valence-electron chi connectivity index (χ0n) is 22.1. The van der Waals surface area contributed by atoms with Crippen molar-refractivity contribution in [1.82, 2.24) is 14.7 Å². The first-order chi connectivity index (χ1) is 19.4. The van der Waals surface area contributed by atoms with Gasteiger partial charge in [-0.25, -0.2) is 18.3 Å². The molecule has 1 amide bonds. The van der Waals surface area contributed by atoms with Gasteiger partial charge in [0.2, 0.25) is 0 Å². The van der Waals surface area contributed by atoms with Gasteiger partial charge in [0.1, 0.15) is 17.4 Å². The lowest BCUT2D eigenvalue weighted by Crippen LogP contribution is -2.48. The number of ether oxygens (including phenoxy) is 2. The monoisotopic (exact) mass is 546 g/mol. The molecular formula is C30H28F2N4O4. The van der Waals surface area contributed by atoms with Gasteiger partial charge in [0.25, 0.3) is 5.91 Å². The lowest BCUT2D eigenvalue weighted by Gasteiger charge is -2.36. The van der Waals surface area contributed by atoms with Crippen LogP contribution in [-0.2, 0) is 4.74 Å². The number of amides is 1. The summed E-state index contributed by atoms with van der Waals surface area (Å²) in [6.07, 6.45) is 0. The number of anilines is 1. The highest BCUT2D eigenvalue weighted by Crippen LogP contribution is 2.28. The number of nitrogens with zero attached hydrogens (tertiary/aromatic N) is 4. The number of aromatic nitrogens is 2. The van der Waals surface area contributed by atoms with Gasteiger partial charge in [0.15, 0.2) is 5.69 Å². The highest BCUT2D eigenvalue weighted by molar-refractivity contribution is 5.94. The molecule has 1 saturated heterocycles. The molecule has 0 bridgehead atoms. The summed E-state index contributed by atoms with van der Waals surface area (Å²) in [5, 5.41) is 4.51. The third-order valence-electron chi connectivity index (χ3n) is 6.72. The first-order valence-electron chi connectivity index (χ1n) is 12.9. The Morgan fingerprint density at radius 1 is 0.850 bits per heavy atom. The third kappa shape index (κ3) is 5.66. The van der Waals surface area contributed by atoms with Gasteiger partial charge in [-0.1, -0.05) is 12.1 Å². The number of hydrogen-bond acceptors (Lipinski definition) is 6.